The van der Waals surface area contributed by atoms with Gasteiger partial charge in [-0.05, 0) is 0 Å². The molecule has 0 unspecified atom stereocenters. The number of fused-ring (bicyclic) bond motifs is 3. The Morgan fingerprint density at radius 1 is 0.895 bits per heavy atom. The average molecular weight is 687 g/mol. The molecular weight excluding hydrogens is 643 g/mol. The Morgan fingerprint density at radius 2 is 1.61 bits per heavy atom. The second-order valence-corrected chi connectivity index (χ2v) is 24.3. The molecule has 5 rings (SSSR count). The Bertz CT molecular complexity index is 1430. The molecular formula is C36H44HfS. The second kappa shape index (κ2) is 10.7. The molecule has 0 saturated heterocycles. The van der Waals surface area contributed by atoms with Crippen LogP contribution >= 0.6 is 11.3 Å². The van der Waals surface area contributed by atoms with E-state index < -0.39 is 21.0 Å². The van der Waals surface area contributed by atoms with E-state index in [2.05, 4.69) is 133 Å². The van der Waals surface area contributed by atoms with Gasteiger partial charge in [0.05, 0.1) is 0 Å². The molecule has 0 atom stereocenters. The van der Waals surface area contributed by atoms with Crippen LogP contribution in [0.3, 0.4) is 0 Å². The summed E-state index contributed by atoms with van der Waals surface area (Å²) in [4.78, 5) is 3.11. The number of aryl methyl sites for hydroxylation is 1. The van der Waals surface area contributed by atoms with Crippen molar-refractivity contribution in [2.24, 2.45) is 0 Å². The molecule has 1 heterocycles. The summed E-state index contributed by atoms with van der Waals surface area (Å²) in [5.74, 6) is 0. The Labute approximate surface area is 242 Å². The van der Waals surface area contributed by atoms with Crippen molar-refractivity contribution >= 4 is 17.9 Å². The first-order valence-electron chi connectivity index (χ1n) is 14.4. The molecule has 0 saturated carbocycles. The summed E-state index contributed by atoms with van der Waals surface area (Å²) < 4.78 is 4.12. The molecule has 2 aliphatic rings. The van der Waals surface area contributed by atoms with Gasteiger partial charge < -0.3 is 0 Å². The second-order valence-electron chi connectivity index (χ2n) is 13.3. The Hall–Kier alpha value is -1.64. The fraction of sp³-hybridized carbons (Fsp3) is 0.417. The van der Waals surface area contributed by atoms with E-state index >= 15 is 0 Å². The molecule has 0 aliphatic heterocycles. The van der Waals surface area contributed by atoms with Crippen LogP contribution in [0, 0.1) is 0 Å². The first kappa shape index (κ1) is 27.9. The topological polar surface area (TPSA) is 0 Å². The zero-order chi connectivity index (χ0) is 27.2. The SMILES string of the molecule is CCCCc1ccc([C](C)=[Hf]([c]2c(C(C)(C)C)ccc3c2Cc2cc(C(C)(C)C)ccc2-3)[CH]2C=CC=C2)s1. The zero-order valence-corrected chi connectivity index (χ0v) is 29.1. The quantitative estimate of drug-likeness (QED) is 0.177. The summed E-state index contributed by atoms with van der Waals surface area (Å²) in [6, 6.07) is 17.1. The molecule has 38 heavy (non-hydrogen) atoms. The molecule has 0 radical (unpaired) electrons. The average Bonchev–Trinajstić information content (AvgIpc) is 3.61. The van der Waals surface area contributed by atoms with Crippen molar-refractivity contribution in [3.05, 3.63) is 98.8 Å². The summed E-state index contributed by atoms with van der Waals surface area (Å²) in [7, 11) is 0. The van der Waals surface area contributed by atoms with Gasteiger partial charge in [0, 0.05) is 0 Å². The van der Waals surface area contributed by atoms with E-state index in [0.717, 1.165) is 6.42 Å². The van der Waals surface area contributed by atoms with Gasteiger partial charge in [0.25, 0.3) is 0 Å². The summed E-state index contributed by atoms with van der Waals surface area (Å²) in [6.07, 6.45) is 14.5. The van der Waals surface area contributed by atoms with Crippen LogP contribution in [0.5, 0.6) is 0 Å². The van der Waals surface area contributed by atoms with Crippen molar-refractivity contribution in [2.45, 2.75) is 95.6 Å². The van der Waals surface area contributed by atoms with Gasteiger partial charge in [0.15, 0.2) is 0 Å². The molecule has 0 fully saturated rings. The van der Waals surface area contributed by atoms with Crippen molar-refractivity contribution in [3.63, 3.8) is 0 Å². The van der Waals surface area contributed by atoms with Crippen molar-refractivity contribution in [1.82, 2.24) is 0 Å². The van der Waals surface area contributed by atoms with Crippen LogP contribution in [0.15, 0.2) is 66.8 Å². The third kappa shape index (κ3) is 5.37. The standard InChI is InChI=1S/C21H25.C10H14S.C5H5.Hf/c1-20(2,3)16-7-9-18-14(12-16)11-15-13-17(21(4,5)6)8-10-19(15)18;1-3-5-6-10-8-7-9(4-2)11-10;1-2-4-5-3-1;/h7-10,12H,11H2,1-6H3;7-8H,3,5-6H2,1-2H3;1-5H;. The molecule has 0 spiro atoms. The maximum atomic E-state index is 2.52. The number of hydrogen-bond donors (Lipinski definition) is 0. The third-order valence-electron chi connectivity index (χ3n) is 8.31. The predicted octanol–water partition coefficient (Wildman–Crippen LogP) is 9.66. The molecule has 2 aliphatic carbocycles. The molecule has 3 aromatic rings. The fourth-order valence-electron chi connectivity index (χ4n) is 6.10. The van der Waals surface area contributed by atoms with E-state index in [0.29, 0.717) is 3.67 Å². The van der Waals surface area contributed by atoms with Crippen LogP contribution in [0.2, 0.25) is 3.67 Å². The van der Waals surface area contributed by atoms with E-state index in [9.17, 15) is 0 Å². The molecule has 2 heteroatoms. The molecule has 1 aromatic heterocycles. The fourth-order valence-corrected chi connectivity index (χ4v) is 20.9. The minimum absolute atomic E-state index is 0.125. The normalized spacial score (nSPS) is 15.7. The monoisotopic (exact) mass is 688 g/mol. The summed E-state index contributed by atoms with van der Waals surface area (Å²) >= 11 is -0.543. The first-order valence-corrected chi connectivity index (χ1v) is 20.9. The summed E-state index contributed by atoms with van der Waals surface area (Å²) in [5.41, 5.74) is 9.48. The Kier molecular flexibility index (Phi) is 7.88. The van der Waals surface area contributed by atoms with Crippen LogP contribution in [0.25, 0.3) is 11.1 Å². The Morgan fingerprint density at radius 3 is 2.26 bits per heavy atom. The molecule has 2 aromatic carbocycles. The minimum atomic E-state index is -2.61. The first-order chi connectivity index (χ1) is 18.0. The van der Waals surface area contributed by atoms with Gasteiger partial charge in [0.1, 0.15) is 0 Å². The van der Waals surface area contributed by atoms with Crippen molar-refractivity contribution < 1.29 is 21.0 Å². The van der Waals surface area contributed by atoms with E-state index in [-0.39, 0.29) is 10.8 Å². The summed E-state index contributed by atoms with van der Waals surface area (Å²) in [5, 5.41) is 0. The summed E-state index contributed by atoms with van der Waals surface area (Å²) in [6.45, 7) is 19.1. The van der Waals surface area contributed by atoms with Gasteiger partial charge in [-0.15, -0.1) is 0 Å². The number of allylic oxidation sites excluding steroid dienone is 4. The van der Waals surface area contributed by atoms with Gasteiger partial charge >= 0.3 is 244 Å². The number of benzene rings is 2. The van der Waals surface area contributed by atoms with E-state index in [4.69, 9.17) is 0 Å². The molecule has 0 bridgehead atoms. The van der Waals surface area contributed by atoms with Gasteiger partial charge in [0.2, 0.25) is 0 Å². The van der Waals surface area contributed by atoms with E-state index in [1.807, 2.05) is 0 Å². The van der Waals surface area contributed by atoms with Gasteiger partial charge in [-0.1, -0.05) is 0 Å². The third-order valence-corrected chi connectivity index (χ3v) is 21.9. The number of thiophene rings is 1. The van der Waals surface area contributed by atoms with Crippen LogP contribution < -0.4 is 3.32 Å². The molecule has 0 nitrogen and oxygen atoms in total. The zero-order valence-electron chi connectivity index (χ0n) is 24.7. The maximum absolute atomic E-state index is 2.61. The van der Waals surface area contributed by atoms with E-state index in [1.165, 1.54) is 41.5 Å². The van der Waals surface area contributed by atoms with Crippen molar-refractivity contribution in [3.8, 4) is 11.1 Å². The van der Waals surface area contributed by atoms with Crippen molar-refractivity contribution in [2.75, 3.05) is 0 Å². The van der Waals surface area contributed by atoms with Crippen molar-refractivity contribution in [1.29, 1.82) is 0 Å². The number of hydrogen-bond acceptors (Lipinski definition) is 1. The molecule has 0 amide bonds. The molecule has 0 N–H and O–H groups in total. The van der Waals surface area contributed by atoms with Crippen LogP contribution in [0.4, 0.5) is 0 Å². The van der Waals surface area contributed by atoms with Crippen LogP contribution in [0.1, 0.15) is 100 Å². The van der Waals surface area contributed by atoms with Gasteiger partial charge in [-0.3, -0.25) is 0 Å². The van der Waals surface area contributed by atoms with E-state index in [1.54, 1.807) is 27.5 Å². The van der Waals surface area contributed by atoms with Crippen LogP contribution in [-0.4, -0.2) is 3.26 Å². The molecule has 198 valence electrons. The number of rotatable bonds is 6. The predicted molar refractivity (Wildman–Crippen MR) is 166 cm³/mol. The Balaban J connectivity index is 1.74. The number of unbranched alkanes of at least 4 members (excludes halogenated alkanes) is 1. The van der Waals surface area contributed by atoms with Gasteiger partial charge in [-0.25, -0.2) is 0 Å². The van der Waals surface area contributed by atoms with Gasteiger partial charge in [-0.2, -0.15) is 0 Å². The van der Waals surface area contributed by atoms with Crippen LogP contribution in [-0.2, 0) is 44.6 Å².